The summed E-state index contributed by atoms with van der Waals surface area (Å²) in [4.78, 5) is 29.8. The second kappa shape index (κ2) is 10.8. The first-order valence-electron chi connectivity index (χ1n) is 12.6. The predicted molar refractivity (Wildman–Crippen MR) is 161 cm³/mol. The van der Waals surface area contributed by atoms with Gasteiger partial charge in [-0.1, -0.05) is 76.1 Å². The zero-order valence-electron chi connectivity index (χ0n) is 21.7. The van der Waals surface area contributed by atoms with Crippen molar-refractivity contribution >= 4 is 49.7 Å². The van der Waals surface area contributed by atoms with Crippen molar-refractivity contribution in [1.82, 2.24) is 9.66 Å². The van der Waals surface area contributed by atoms with Gasteiger partial charge in [0.05, 0.1) is 22.0 Å². The second-order valence-electron chi connectivity index (χ2n) is 9.34. The van der Waals surface area contributed by atoms with Crippen molar-refractivity contribution < 1.29 is 14.1 Å². The van der Waals surface area contributed by atoms with E-state index < -0.39 is 10.5 Å². The quantitative estimate of drug-likeness (QED) is 0.107. The smallest absolute Gasteiger partial charge is 0.312 e. The number of nitrogens with zero attached hydrogens (tertiary/aromatic N) is 4. The maximum absolute atomic E-state index is 13.6. The van der Waals surface area contributed by atoms with E-state index in [-0.39, 0.29) is 23.9 Å². The standard InChI is InChI=1S/C31H21BrN4O5/c1-19-7-6-8-20(13-19)18-40-29-22(14-23(32)16-26(29)36(38)39)17-33-35-30(28-15-21-9-2-5-12-27(21)41-28)34-25-11-4-3-10-24(25)31(35)37/h2-17H,18H2,1H3. The zero-order valence-corrected chi connectivity index (χ0v) is 23.2. The molecule has 0 aliphatic heterocycles. The van der Waals surface area contributed by atoms with E-state index in [9.17, 15) is 14.9 Å². The van der Waals surface area contributed by atoms with Gasteiger partial charge in [-0.15, -0.1) is 0 Å². The van der Waals surface area contributed by atoms with Crippen LogP contribution in [-0.2, 0) is 6.61 Å². The molecule has 9 nitrogen and oxygen atoms in total. The third-order valence-corrected chi connectivity index (χ3v) is 6.90. The third kappa shape index (κ3) is 5.24. The molecule has 0 bridgehead atoms. The number of halogens is 1. The fourth-order valence-corrected chi connectivity index (χ4v) is 5.01. The van der Waals surface area contributed by atoms with Crippen LogP contribution < -0.4 is 10.3 Å². The van der Waals surface area contributed by atoms with Gasteiger partial charge >= 0.3 is 5.69 Å². The molecule has 10 heteroatoms. The highest BCUT2D eigenvalue weighted by molar-refractivity contribution is 9.10. The summed E-state index contributed by atoms with van der Waals surface area (Å²) in [6.45, 7) is 2.06. The lowest BCUT2D eigenvalue weighted by Gasteiger charge is -2.11. The Morgan fingerprint density at radius 2 is 1.85 bits per heavy atom. The van der Waals surface area contributed by atoms with E-state index in [0.29, 0.717) is 32.3 Å². The molecule has 2 heterocycles. The van der Waals surface area contributed by atoms with E-state index in [1.54, 1.807) is 36.4 Å². The minimum absolute atomic E-state index is 0.0236. The molecule has 4 aromatic carbocycles. The monoisotopic (exact) mass is 608 g/mol. The molecule has 0 radical (unpaired) electrons. The second-order valence-corrected chi connectivity index (χ2v) is 10.3. The lowest BCUT2D eigenvalue weighted by molar-refractivity contribution is -0.386. The number of para-hydroxylation sites is 2. The van der Waals surface area contributed by atoms with E-state index in [1.165, 1.54) is 12.3 Å². The van der Waals surface area contributed by atoms with Gasteiger partial charge in [-0.25, -0.2) is 4.98 Å². The Kier molecular flexibility index (Phi) is 6.90. The molecular weight excluding hydrogens is 588 g/mol. The van der Waals surface area contributed by atoms with Gasteiger partial charge in [-0.05, 0) is 42.8 Å². The summed E-state index contributed by atoms with van der Waals surface area (Å²) in [5.41, 5.74) is 2.65. The van der Waals surface area contributed by atoms with Crippen LogP contribution in [0.25, 0.3) is 33.5 Å². The van der Waals surface area contributed by atoms with Gasteiger partial charge in [0.1, 0.15) is 12.2 Å². The summed E-state index contributed by atoms with van der Waals surface area (Å²) in [6, 6.07) is 26.9. The van der Waals surface area contributed by atoms with Gasteiger partial charge in [-0.2, -0.15) is 9.78 Å². The van der Waals surface area contributed by atoms with Gasteiger partial charge in [-0.3, -0.25) is 14.9 Å². The molecule has 0 atom stereocenters. The van der Waals surface area contributed by atoms with Gasteiger partial charge in [0.25, 0.3) is 5.56 Å². The Hall–Kier alpha value is -5.09. The van der Waals surface area contributed by atoms with Crippen LogP contribution in [0.1, 0.15) is 16.7 Å². The van der Waals surface area contributed by atoms with E-state index in [4.69, 9.17) is 14.1 Å². The molecule has 0 aliphatic carbocycles. The van der Waals surface area contributed by atoms with E-state index in [2.05, 4.69) is 21.0 Å². The summed E-state index contributed by atoms with van der Waals surface area (Å²) in [5, 5.41) is 17.7. The molecule has 0 saturated carbocycles. The average molecular weight is 609 g/mol. The molecule has 0 N–H and O–H groups in total. The zero-order chi connectivity index (χ0) is 28.5. The Bertz CT molecular complexity index is 2010. The first-order chi connectivity index (χ1) is 19.9. The van der Waals surface area contributed by atoms with E-state index in [1.807, 2.05) is 55.5 Å². The van der Waals surface area contributed by atoms with Crippen LogP contribution in [-0.4, -0.2) is 20.8 Å². The minimum atomic E-state index is -0.517. The van der Waals surface area contributed by atoms with Crippen LogP contribution in [0.2, 0.25) is 0 Å². The van der Waals surface area contributed by atoms with Crippen LogP contribution >= 0.6 is 15.9 Å². The first-order valence-corrected chi connectivity index (χ1v) is 13.4. The molecule has 41 heavy (non-hydrogen) atoms. The number of aryl methyl sites for hydroxylation is 1. The highest BCUT2D eigenvalue weighted by atomic mass is 79.9. The molecule has 0 amide bonds. The third-order valence-electron chi connectivity index (χ3n) is 6.44. The van der Waals surface area contributed by atoms with Crippen molar-refractivity contribution in [1.29, 1.82) is 0 Å². The number of hydrogen-bond donors (Lipinski definition) is 0. The van der Waals surface area contributed by atoms with Gasteiger partial charge in [0, 0.05) is 21.5 Å². The van der Waals surface area contributed by atoms with Gasteiger partial charge < -0.3 is 9.15 Å². The normalized spacial score (nSPS) is 11.5. The van der Waals surface area contributed by atoms with E-state index >= 15 is 0 Å². The summed E-state index contributed by atoms with van der Waals surface area (Å²) < 4.78 is 13.6. The number of furan rings is 1. The Morgan fingerprint density at radius 3 is 2.66 bits per heavy atom. The Labute approximate surface area is 241 Å². The lowest BCUT2D eigenvalue weighted by Crippen LogP contribution is -2.20. The Morgan fingerprint density at radius 1 is 1.05 bits per heavy atom. The van der Waals surface area contributed by atoms with Crippen molar-refractivity contribution in [2.75, 3.05) is 0 Å². The van der Waals surface area contributed by atoms with Crippen LogP contribution in [0.15, 0.2) is 110 Å². The molecular formula is C31H21BrN4O5. The van der Waals surface area contributed by atoms with Crippen LogP contribution in [0.4, 0.5) is 5.69 Å². The predicted octanol–water partition coefficient (Wildman–Crippen LogP) is 7.25. The summed E-state index contributed by atoms with van der Waals surface area (Å²) >= 11 is 3.35. The maximum Gasteiger partial charge on any atom is 0.312 e. The fraction of sp³-hybridized carbons (Fsp3) is 0.0645. The molecule has 6 aromatic rings. The van der Waals surface area contributed by atoms with Crippen LogP contribution in [0.5, 0.6) is 5.75 Å². The molecule has 0 fully saturated rings. The van der Waals surface area contributed by atoms with Gasteiger partial charge in [0.15, 0.2) is 5.76 Å². The molecule has 6 rings (SSSR count). The van der Waals surface area contributed by atoms with Crippen molar-refractivity contribution in [3.63, 3.8) is 0 Å². The molecule has 2 aromatic heterocycles. The molecule has 0 unspecified atom stereocenters. The Balaban J connectivity index is 1.49. The number of rotatable bonds is 7. The van der Waals surface area contributed by atoms with Crippen molar-refractivity contribution in [3.05, 3.63) is 133 Å². The fourth-order valence-electron chi connectivity index (χ4n) is 4.55. The summed E-state index contributed by atoms with van der Waals surface area (Å²) in [7, 11) is 0. The van der Waals surface area contributed by atoms with Crippen LogP contribution in [0.3, 0.4) is 0 Å². The summed E-state index contributed by atoms with van der Waals surface area (Å²) in [6.07, 6.45) is 1.35. The molecule has 0 saturated heterocycles. The van der Waals surface area contributed by atoms with Crippen molar-refractivity contribution in [2.45, 2.75) is 13.5 Å². The maximum atomic E-state index is 13.6. The van der Waals surface area contributed by atoms with Crippen molar-refractivity contribution in [2.24, 2.45) is 5.10 Å². The highest BCUT2D eigenvalue weighted by Crippen LogP contribution is 2.35. The first kappa shape index (κ1) is 26.1. The summed E-state index contributed by atoms with van der Waals surface area (Å²) in [5.74, 6) is 0.561. The number of nitro benzene ring substituents is 1. The van der Waals surface area contributed by atoms with E-state index in [0.717, 1.165) is 21.2 Å². The number of fused-ring (bicyclic) bond motifs is 2. The molecule has 0 aliphatic rings. The highest BCUT2D eigenvalue weighted by Gasteiger charge is 2.22. The van der Waals surface area contributed by atoms with Crippen molar-refractivity contribution in [3.8, 4) is 17.3 Å². The topological polar surface area (TPSA) is 113 Å². The number of benzene rings is 4. The SMILES string of the molecule is Cc1cccc(COc2c(C=Nn3c(-c4cc5ccccc5o4)nc4ccccc4c3=O)cc(Br)cc2[N+](=O)[O-])c1. The lowest BCUT2D eigenvalue weighted by atomic mass is 10.1. The number of nitro groups is 1. The minimum Gasteiger partial charge on any atom is -0.481 e. The molecule has 0 spiro atoms. The largest absolute Gasteiger partial charge is 0.481 e. The molecule has 202 valence electrons. The van der Waals surface area contributed by atoms with Gasteiger partial charge in [0.2, 0.25) is 11.6 Å². The number of ether oxygens (including phenoxy) is 1. The van der Waals surface area contributed by atoms with Crippen LogP contribution in [0, 0.1) is 17.0 Å². The number of aromatic nitrogens is 2. The number of hydrogen-bond acceptors (Lipinski definition) is 7. The average Bonchev–Trinajstić information content (AvgIpc) is 3.40.